The topological polar surface area (TPSA) is 61.3 Å². The first-order chi connectivity index (χ1) is 55.6. The Morgan fingerprint density at radius 1 is 0.228 bits per heavy atom. The lowest BCUT2D eigenvalue weighted by Gasteiger charge is -2.46. The predicted molar refractivity (Wildman–Crippen MR) is 474 cm³/mol. The Labute approximate surface area is 679 Å². The molecule has 9 heteroatoms. The van der Waals surface area contributed by atoms with E-state index in [2.05, 4.69) is 438 Å². The van der Waals surface area contributed by atoms with Gasteiger partial charge < -0.3 is 14.7 Å². The van der Waals surface area contributed by atoms with E-state index >= 15 is 0 Å². The van der Waals surface area contributed by atoms with Crippen LogP contribution in [0.3, 0.4) is 0 Å². The number of benzene rings is 15. The van der Waals surface area contributed by atoms with Gasteiger partial charge >= 0.3 is 0 Å². The van der Waals surface area contributed by atoms with Crippen LogP contribution in [0.25, 0.3) is 22.5 Å². The number of nitrogens with zero attached hydrogens (tertiary/aromatic N) is 7. The fraction of sp³-hybridized carbons (Fsp3) is 0.0667. The van der Waals surface area contributed by atoms with Crippen LogP contribution in [-0.4, -0.2) is 19.9 Å². The minimum Gasteiger partial charge on any atom is -0.310 e. The van der Waals surface area contributed by atoms with Gasteiger partial charge in [-0.05, 0) is 166 Å². The normalized spacial score (nSPS) is 13.4. The number of aryl methyl sites for hydroxylation is 3. The smallest absolute Gasteiger partial charge is 0.134 e. The molecule has 0 bridgehead atoms. The van der Waals surface area contributed by atoms with Crippen LogP contribution >= 0.6 is 23.2 Å². The highest BCUT2D eigenvalue weighted by Gasteiger charge is 2.49. The van der Waals surface area contributed by atoms with Crippen molar-refractivity contribution in [2.24, 2.45) is 0 Å². The van der Waals surface area contributed by atoms with Gasteiger partial charge in [-0.15, -0.1) is 0 Å². The molecule has 3 aliphatic rings. The molecule has 114 heavy (non-hydrogen) atoms. The Morgan fingerprint density at radius 3 is 0.658 bits per heavy atom. The third-order valence-electron chi connectivity index (χ3n) is 22.3. The van der Waals surface area contributed by atoms with E-state index in [1.807, 2.05) is 6.92 Å². The van der Waals surface area contributed by atoms with Gasteiger partial charge in [-0.3, -0.25) is 0 Å². The molecule has 0 atom stereocenters. The monoisotopic (exact) mass is 1510 g/mol. The number of anilines is 9. The summed E-state index contributed by atoms with van der Waals surface area (Å²) in [6, 6.07) is 149. The van der Waals surface area contributed by atoms with E-state index < -0.39 is 16.2 Å². The van der Waals surface area contributed by atoms with Crippen LogP contribution in [0.4, 0.5) is 51.2 Å². The number of hydrogen-bond acceptors (Lipinski definition) is 7. The van der Waals surface area contributed by atoms with Gasteiger partial charge in [0.25, 0.3) is 0 Å². The largest absolute Gasteiger partial charge is 0.310 e. The Morgan fingerprint density at radius 2 is 0.430 bits per heavy atom. The van der Waals surface area contributed by atoms with Gasteiger partial charge in [-0.1, -0.05) is 364 Å². The van der Waals surface area contributed by atoms with Crippen molar-refractivity contribution in [3.05, 3.63) is 507 Å². The second-order valence-electron chi connectivity index (χ2n) is 28.7. The highest BCUT2D eigenvalue weighted by atomic mass is 35.5. The molecule has 3 aliphatic heterocycles. The Kier molecular flexibility index (Phi) is 20.1. The fourth-order valence-corrected chi connectivity index (χ4v) is 18.2. The van der Waals surface area contributed by atoms with Crippen molar-refractivity contribution in [2.45, 2.75) is 44.4 Å². The summed E-state index contributed by atoms with van der Waals surface area (Å²) in [4.78, 5) is 24.9. The molecular weight excluding hydrogens is 1430 g/mol. The average molecular weight is 1510 g/mol. The van der Waals surface area contributed by atoms with Crippen molar-refractivity contribution >= 4 is 74.4 Å². The van der Waals surface area contributed by atoms with Gasteiger partial charge in [-0.2, -0.15) is 0 Å². The van der Waals surface area contributed by atoms with Crippen molar-refractivity contribution < 1.29 is 1.43 Å². The number of fused-ring (bicyclic) bond motifs is 6. The molecule has 7 nitrogen and oxygen atoms in total. The zero-order valence-corrected chi connectivity index (χ0v) is 64.2. The van der Waals surface area contributed by atoms with Gasteiger partial charge in [0.1, 0.15) is 22.0 Å². The summed E-state index contributed by atoms with van der Waals surface area (Å²) >= 11 is 11.0. The van der Waals surface area contributed by atoms with E-state index in [0.717, 1.165) is 62.5 Å². The minimum atomic E-state index is -0.515. The van der Waals surface area contributed by atoms with E-state index in [0.29, 0.717) is 16.1 Å². The molecule has 0 saturated heterocycles. The van der Waals surface area contributed by atoms with E-state index in [4.69, 9.17) is 33.2 Å². The molecule has 0 saturated carbocycles. The predicted octanol–water partition coefficient (Wildman–Crippen LogP) is 27.6. The molecule has 17 aromatic rings. The first-order valence-corrected chi connectivity index (χ1v) is 39.0. The van der Waals surface area contributed by atoms with Crippen LogP contribution in [0.2, 0.25) is 10.3 Å². The third kappa shape index (κ3) is 12.8. The first-order valence-electron chi connectivity index (χ1n) is 38.2. The standard InChI is InChI=1S/C67H48N4.C32H25N.C5H4Cl2N2.CH4.H2/c1-47-68-60(48-38-42-54(43-39-48)70-62-34-18-14-30-56(62)66(50-22-6-2-7-23-50,51-24-8-3-9-25-51)57-31-15-19-35-63(57)70)46-61(69-47)49-40-44-55(45-41-49)71-64-36-20-16-32-58(64)67(52-26-10-4-11-27-52,53-28-12-5-13-29-53)59-33-17-21-37-65(59)71;1-24-20-22-27(23-21-24)33-30-18-10-8-16-28(30)32(25-12-4-2-5-13-25,26-14-6-3-7-15-26)29-17-9-11-19-31(29)33;1-3-8-4(6)2-5(7)9-3;;/h2-46H,1H3;2-23H,1H3;2H,1H3;1H4;1H/i;;;;1+1. The quantitative estimate of drug-likeness (QED) is 0.120. The van der Waals surface area contributed by atoms with Crippen LogP contribution in [0.1, 0.15) is 92.8 Å². The summed E-state index contributed by atoms with van der Waals surface area (Å²) < 4.78 is 0. The number of para-hydroxylation sites is 6. The number of halogens is 2. The van der Waals surface area contributed by atoms with Gasteiger partial charge in [0.05, 0.1) is 61.8 Å². The van der Waals surface area contributed by atoms with E-state index in [1.54, 1.807) is 6.92 Å². The zero-order valence-electron chi connectivity index (χ0n) is 62.6. The second kappa shape index (κ2) is 31.3. The van der Waals surface area contributed by atoms with Crippen LogP contribution in [0, 0.1) is 20.8 Å². The summed E-state index contributed by atoms with van der Waals surface area (Å²) in [7, 11) is 0. The minimum absolute atomic E-state index is 0. The maximum absolute atomic E-state index is 5.51. The van der Waals surface area contributed by atoms with E-state index in [1.165, 1.54) is 95.5 Å². The Bertz CT molecular complexity index is 5700. The highest BCUT2D eigenvalue weighted by Crippen LogP contribution is 2.61. The SMILES string of the molecule is C.Cc1ccc(N2c3ccccc3C(c3ccccc3)(c3ccccc3)c3ccccc32)cc1.Cc1nc(-c2ccc(N3c4ccccc4C(c4ccccc4)(c4ccccc4)c4ccccc43)cc2)cc(-c2ccc(N3c4ccccc4C(c4ccccc4)(c4ccccc4)c4ccccc43)cc2)n1.Cc1nc(Cl)cc(Cl)n1.[2HH]. The molecule has 552 valence electrons. The molecule has 20 rings (SSSR count). The summed E-state index contributed by atoms with van der Waals surface area (Å²) in [5.41, 5.74) is 29.1. The lowest BCUT2D eigenvalue weighted by molar-refractivity contribution is 0.731. The average Bonchev–Trinajstić information content (AvgIpc) is 0.709. The number of rotatable bonds is 11. The number of aromatic nitrogens is 4. The summed E-state index contributed by atoms with van der Waals surface area (Å²) in [6.45, 7) is 5.85. The summed E-state index contributed by atoms with van der Waals surface area (Å²) in [5.74, 6) is 1.31. The molecule has 2 aromatic heterocycles. The summed E-state index contributed by atoms with van der Waals surface area (Å²) in [5, 5.41) is 0.764. The molecule has 0 unspecified atom stereocenters. The van der Waals surface area contributed by atoms with Crippen molar-refractivity contribution in [3.8, 4) is 22.5 Å². The maximum atomic E-state index is 5.51. The second-order valence-corrected chi connectivity index (χ2v) is 29.5. The van der Waals surface area contributed by atoms with E-state index in [-0.39, 0.29) is 8.85 Å². The zero-order chi connectivity index (χ0) is 76.5. The molecular formula is C105H83Cl2N7. The molecule has 15 aromatic carbocycles. The molecule has 0 N–H and O–H groups in total. The van der Waals surface area contributed by atoms with Crippen molar-refractivity contribution in [3.63, 3.8) is 0 Å². The van der Waals surface area contributed by atoms with Gasteiger partial charge in [0.15, 0.2) is 0 Å². The number of hydrogen-bond donors (Lipinski definition) is 0. The van der Waals surface area contributed by atoms with Gasteiger partial charge in [-0.25, -0.2) is 19.9 Å². The van der Waals surface area contributed by atoms with Gasteiger partial charge in [0.2, 0.25) is 0 Å². The van der Waals surface area contributed by atoms with Crippen molar-refractivity contribution in [1.29, 1.82) is 0 Å². The van der Waals surface area contributed by atoms with E-state index in [9.17, 15) is 0 Å². The maximum Gasteiger partial charge on any atom is 0.134 e. The Hall–Kier alpha value is -13.6. The van der Waals surface area contributed by atoms with Crippen LogP contribution in [0.5, 0.6) is 0 Å². The Balaban J connectivity index is 0.000000186. The molecule has 0 aliphatic carbocycles. The molecule has 5 heterocycles. The lowest BCUT2D eigenvalue weighted by Crippen LogP contribution is -2.37. The van der Waals surface area contributed by atoms with Crippen molar-refractivity contribution in [1.82, 2.24) is 19.9 Å². The summed E-state index contributed by atoms with van der Waals surface area (Å²) in [6.07, 6.45) is 0. The van der Waals surface area contributed by atoms with Crippen LogP contribution in [-0.2, 0) is 16.2 Å². The highest BCUT2D eigenvalue weighted by molar-refractivity contribution is 6.33. The first kappa shape index (κ1) is 73.3. The van der Waals surface area contributed by atoms with Crippen LogP contribution in [0.15, 0.2) is 413 Å². The molecule has 0 fully saturated rings. The van der Waals surface area contributed by atoms with Crippen LogP contribution < -0.4 is 14.7 Å². The fourth-order valence-electron chi connectivity index (χ4n) is 17.7. The molecule has 0 spiro atoms. The van der Waals surface area contributed by atoms with Crippen molar-refractivity contribution in [2.75, 3.05) is 14.7 Å². The third-order valence-corrected chi connectivity index (χ3v) is 22.7. The molecule has 0 radical (unpaired) electrons. The van der Waals surface area contributed by atoms with Gasteiger partial charge in [0, 0.05) is 35.7 Å². The lowest BCUT2D eigenvalue weighted by atomic mass is 9.62. The molecule has 0 amide bonds.